The summed E-state index contributed by atoms with van der Waals surface area (Å²) in [5.74, 6) is 0. The van der Waals surface area contributed by atoms with Crippen LogP contribution in [0.1, 0.15) is 20.8 Å². The summed E-state index contributed by atoms with van der Waals surface area (Å²) in [5.41, 5.74) is 5.41. The molecule has 0 fully saturated rings. The Kier molecular flexibility index (Phi) is 2.00. The van der Waals surface area contributed by atoms with Crippen LogP contribution in [0.2, 0.25) is 0 Å². The lowest BCUT2D eigenvalue weighted by Crippen LogP contribution is -2.40. The Morgan fingerprint density at radius 3 is 2.55 bits per heavy atom. The van der Waals surface area contributed by atoms with Crippen molar-refractivity contribution in [3.8, 4) is 0 Å². The fourth-order valence-electron chi connectivity index (χ4n) is 0.815. The van der Waals surface area contributed by atoms with Crippen LogP contribution in [0.15, 0.2) is 17.4 Å². The van der Waals surface area contributed by atoms with Crippen molar-refractivity contribution in [3.63, 3.8) is 0 Å². The molecule has 62 valence electrons. The predicted molar refractivity (Wildman–Crippen MR) is 47.2 cm³/mol. The molecule has 0 aromatic rings. The van der Waals surface area contributed by atoms with E-state index in [1.807, 2.05) is 24.2 Å². The highest BCUT2D eigenvalue weighted by molar-refractivity contribution is 5.72. The molecule has 1 atom stereocenters. The molecule has 1 unspecified atom stereocenters. The van der Waals surface area contributed by atoms with E-state index in [2.05, 4.69) is 18.9 Å². The molecule has 1 aliphatic rings. The molecule has 1 aliphatic heterocycles. The van der Waals surface area contributed by atoms with Crippen molar-refractivity contribution >= 4 is 6.21 Å². The molecule has 1 heterocycles. The van der Waals surface area contributed by atoms with Gasteiger partial charge in [0.25, 0.3) is 0 Å². The van der Waals surface area contributed by atoms with Gasteiger partial charge in [-0.2, -0.15) is 5.10 Å². The third kappa shape index (κ3) is 2.05. The average molecular weight is 153 g/mol. The summed E-state index contributed by atoms with van der Waals surface area (Å²) in [6.07, 6.45) is 5.62. The quantitative estimate of drug-likeness (QED) is 0.608. The third-order valence-electron chi connectivity index (χ3n) is 1.58. The lowest BCUT2D eigenvalue weighted by atomic mass is 10.1. The van der Waals surface area contributed by atoms with Gasteiger partial charge in [-0.05, 0) is 26.8 Å². The zero-order valence-corrected chi connectivity index (χ0v) is 7.28. The highest BCUT2D eigenvalue weighted by Gasteiger charge is 2.16. The number of hydrazone groups is 1. The second-order valence-electron chi connectivity index (χ2n) is 3.40. The maximum atomic E-state index is 5.78. The van der Waals surface area contributed by atoms with Gasteiger partial charge < -0.3 is 5.73 Å². The monoisotopic (exact) mass is 153 g/mol. The minimum Gasteiger partial charge on any atom is -0.318 e. The van der Waals surface area contributed by atoms with Gasteiger partial charge in [-0.1, -0.05) is 0 Å². The fourth-order valence-corrected chi connectivity index (χ4v) is 0.815. The van der Waals surface area contributed by atoms with Crippen LogP contribution in [0.3, 0.4) is 0 Å². The lowest BCUT2D eigenvalue weighted by molar-refractivity contribution is 0.319. The van der Waals surface area contributed by atoms with E-state index < -0.39 is 0 Å². The number of nitrogens with zero attached hydrogens (tertiary/aromatic N) is 2. The Bertz CT molecular complexity index is 176. The van der Waals surface area contributed by atoms with Crippen LogP contribution in [0.5, 0.6) is 0 Å². The molecular formula is C8H15N3. The van der Waals surface area contributed by atoms with Gasteiger partial charge in [0.2, 0.25) is 0 Å². The molecule has 3 heteroatoms. The molecule has 0 amide bonds. The number of rotatable bonds is 1. The van der Waals surface area contributed by atoms with Crippen LogP contribution in [-0.4, -0.2) is 22.8 Å². The Balaban J connectivity index is 2.65. The third-order valence-corrected chi connectivity index (χ3v) is 1.58. The van der Waals surface area contributed by atoms with E-state index in [4.69, 9.17) is 5.73 Å². The number of hydrogen-bond acceptors (Lipinski definition) is 3. The Labute approximate surface area is 67.6 Å². The fraction of sp³-hybridized carbons (Fsp3) is 0.625. The Hall–Kier alpha value is -0.830. The minimum atomic E-state index is -0.370. The topological polar surface area (TPSA) is 41.6 Å². The molecule has 0 bridgehead atoms. The molecule has 0 saturated carbocycles. The van der Waals surface area contributed by atoms with Crippen molar-refractivity contribution in [2.75, 3.05) is 0 Å². The first-order valence-electron chi connectivity index (χ1n) is 3.83. The number of nitrogens with two attached hydrogens (primary N) is 1. The van der Waals surface area contributed by atoms with E-state index >= 15 is 0 Å². The zero-order chi connectivity index (χ0) is 8.48. The maximum Gasteiger partial charge on any atom is 0.0705 e. The summed E-state index contributed by atoms with van der Waals surface area (Å²) >= 11 is 0. The van der Waals surface area contributed by atoms with E-state index in [0.717, 1.165) is 0 Å². The SMILES string of the molecule is CC(C)N1C=CC(C)(N)C=N1. The average Bonchev–Trinajstić information content (AvgIpc) is 1.86. The maximum absolute atomic E-state index is 5.78. The lowest BCUT2D eigenvalue weighted by Gasteiger charge is -2.26. The summed E-state index contributed by atoms with van der Waals surface area (Å²) in [6, 6.07) is 0.401. The van der Waals surface area contributed by atoms with Gasteiger partial charge >= 0.3 is 0 Å². The van der Waals surface area contributed by atoms with Crippen molar-refractivity contribution in [3.05, 3.63) is 12.3 Å². The Morgan fingerprint density at radius 1 is 1.55 bits per heavy atom. The summed E-state index contributed by atoms with van der Waals surface area (Å²) in [4.78, 5) is 0. The van der Waals surface area contributed by atoms with Crippen LogP contribution >= 0.6 is 0 Å². The Morgan fingerprint density at radius 2 is 2.18 bits per heavy atom. The van der Waals surface area contributed by atoms with E-state index in [-0.39, 0.29) is 5.54 Å². The van der Waals surface area contributed by atoms with Crippen LogP contribution in [0.25, 0.3) is 0 Å². The van der Waals surface area contributed by atoms with Crippen LogP contribution in [0, 0.1) is 0 Å². The first kappa shape index (κ1) is 8.27. The van der Waals surface area contributed by atoms with Gasteiger partial charge in [-0.3, -0.25) is 5.01 Å². The normalized spacial score (nSPS) is 30.1. The first-order valence-corrected chi connectivity index (χ1v) is 3.83. The van der Waals surface area contributed by atoms with Crippen molar-refractivity contribution in [2.45, 2.75) is 32.4 Å². The van der Waals surface area contributed by atoms with Gasteiger partial charge in [0.05, 0.1) is 5.54 Å². The molecule has 0 aromatic heterocycles. The molecule has 0 saturated heterocycles. The van der Waals surface area contributed by atoms with E-state index in [1.165, 1.54) is 0 Å². The largest absolute Gasteiger partial charge is 0.318 e. The molecule has 0 radical (unpaired) electrons. The van der Waals surface area contributed by atoms with E-state index in [1.54, 1.807) is 6.21 Å². The molecule has 0 aromatic carbocycles. The summed E-state index contributed by atoms with van der Waals surface area (Å²) in [7, 11) is 0. The molecule has 0 aliphatic carbocycles. The van der Waals surface area contributed by atoms with Crippen LogP contribution in [-0.2, 0) is 0 Å². The van der Waals surface area contributed by atoms with Gasteiger partial charge in [0, 0.05) is 18.5 Å². The molecular weight excluding hydrogens is 138 g/mol. The smallest absolute Gasteiger partial charge is 0.0705 e. The van der Waals surface area contributed by atoms with Gasteiger partial charge in [0.15, 0.2) is 0 Å². The standard InChI is InChI=1S/C8H15N3/c1-7(2)11-5-4-8(3,9)6-10-11/h4-7H,9H2,1-3H3. The van der Waals surface area contributed by atoms with Crippen molar-refractivity contribution in [1.82, 2.24) is 5.01 Å². The summed E-state index contributed by atoms with van der Waals surface area (Å²) in [5, 5.41) is 6.06. The summed E-state index contributed by atoms with van der Waals surface area (Å²) < 4.78 is 0. The molecule has 1 rings (SSSR count). The molecule has 3 nitrogen and oxygen atoms in total. The molecule has 11 heavy (non-hydrogen) atoms. The van der Waals surface area contributed by atoms with Gasteiger partial charge in [-0.25, -0.2) is 0 Å². The minimum absolute atomic E-state index is 0.370. The van der Waals surface area contributed by atoms with E-state index in [9.17, 15) is 0 Å². The number of hydrogen-bond donors (Lipinski definition) is 1. The van der Waals surface area contributed by atoms with Crippen molar-refractivity contribution < 1.29 is 0 Å². The summed E-state index contributed by atoms with van der Waals surface area (Å²) in [6.45, 7) is 6.09. The van der Waals surface area contributed by atoms with Crippen LogP contribution in [0.4, 0.5) is 0 Å². The van der Waals surface area contributed by atoms with Crippen molar-refractivity contribution in [1.29, 1.82) is 0 Å². The molecule has 2 N–H and O–H groups in total. The predicted octanol–water partition coefficient (Wildman–Crippen LogP) is 0.927. The van der Waals surface area contributed by atoms with Crippen molar-refractivity contribution in [2.24, 2.45) is 10.8 Å². The van der Waals surface area contributed by atoms with Crippen LogP contribution < -0.4 is 5.73 Å². The van der Waals surface area contributed by atoms with Gasteiger partial charge in [-0.15, -0.1) is 0 Å². The highest BCUT2D eigenvalue weighted by atomic mass is 15.5. The second kappa shape index (κ2) is 2.66. The second-order valence-corrected chi connectivity index (χ2v) is 3.40. The molecule has 0 spiro atoms. The highest BCUT2D eigenvalue weighted by Crippen LogP contribution is 2.09. The zero-order valence-electron chi connectivity index (χ0n) is 7.28. The van der Waals surface area contributed by atoms with Gasteiger partial charge in [0.1, 0.15) is 0 Å². The first-order chi connectivity index (χ1) is 5.01. The van der Waals surface area contributed by atoms with E-state index in [0.29, 0.717) is 6.04 Å².